The number of piperidine rings is 1. The first-order valence-electron chi connectivity index (χ1n) is 9.30. The molecule has 0 saturated carbocycles. The number of guanidine groups is 1. The molecule has 25 heavy (non-hydrogen) atoms. The molecule has 0 spiro atoms. The Morgan fingerprint density at radius 3 is 2.52 bits per heavy atom. The third kappa shape index (κ3) is 9.30. The molecule has 1 aromatic carbocycles. The van der Waals surface area contributed by atoms with Crippen LogP contribution in [0.2, 0.25) is 0 Å². The smallest absolute Gasteiger partial charge is 0.191 e. The van der Waals surface area contributed by atoms with Gasteiger partial charge in [-0.15, -0.1) is 24.0 Å². The highest BCUT2D eigenvalue weighted by atomic mass is 127. The predicted octanol–water partition coefficient (Wildman–Crippen LogP) is 2.98. The van der Waals surface area contributed by atoms with E-state index < -0.39 is 0 Å². The topological polar surface area (TPSA) is 59.9 Å². The number of aryl methyl sites for hydroxylation is 1. The Balaban J connectivity index is 0.00000312. The van der Waals surface area contributed by atoms with Crippen LogP contribution in [0, 0.1) is 0 Å². The highest BCUT2D eigenvalue weighted by Gasteiger charge is 2.09. The second-order valence-electron chi connectivity index (χ2n) is 6.36. The van der Waals surface area contributed by atoms with Crippen LogP contribution in [0.25, 0.3) is 0 Å². The van der Waals surface area contributed by atoms with E-state index in [0.29, 0.717) is 5.75 Å². The van der Waals surface area contributed by atoms with Crippen molar-refractivity contribution in [1.29, 1.82) is 0 Å². The van der Waals surface area contributed by atoms with Gasteiger partial charge in [0.05, 0.1) is 0 Å². The van der Waals surface area contributed by atoms with Crippen molar-refractivity contribution in [2.24, 2.45) is 4.99 Å². The number of halogens is 1. The van der Waals surface area contributed by atoms with E-state index in [4.69, 9.17) is 0 Å². The van der Waals surface area contributed by atoms with E-state index in [1.54, 1.807) is 12.1 Å². The molecule has 0 amide bonds. The minimum Gasteiger partial charge on any atom is -0.508 e. The van der Waals surface area contributed by atoms with Crippen LogP contribution in [-0.4, -0.2) is 55.2 Å². The van der Waals surface area contributed by atoms with E-state index in [9.17, 15) is 5.11 Å². The van der Waals surface area contributed by atoms with Crippen molar-refractivity contribution in [1.82, 2.24) is 15.5 Å². The Kier molecular flexibility index (Phi) is 11.6. The van der Waals surface area contributed by atoms with E-state index >= 15 is 0 Å². The molecular weight excluding hydrogens is 427 g/mol. The Labute approximate surface area is 169 Å². The van der Waals surface area contributed by atoms with Crippen molar-refractivity contribution < 1.29 is 5.11 Å². The maximum absolute atomic E-state index is 9.29. The molecule has 3 N–H and O–H groups in total. The van der Waals surface area contributed by atoms with Gasteiger partial charge in [0, 0.05) is 26.2 Å². The van der Waals surface area contributed by atoms with Gasteiger partial charge >= 0.3 is 0 Å². The molecule has 2 rings (SSSR count). The van der Waals surface area contributed by atoms with Crippen LogP contribution >= 0.6 is 24.0 Å². The molecule has 1 heterocycles. The number of nitrogens with zero attached hydrogens (tertiary/aromatic N) is 2. The van der Waals surface area contributed by atoms with Gasteiger partial charge in [-0.05, 0) is 63.4 Å². The average molecular weight is 460 g/mol. The van der Waals surface area contributed by atoms with Crippen LogP contribution in [0.4, 0.5) is 0 Å². The zero-order valence-corrected chi connectivity index (χ0v) is 17.7. The molecule has 0 radical (unpaired) electrons. The van der Waals surface area contributed by atoms with Crippen LogP contribution in [-0.2, 0) is 6.42 Å². The Morgan fingerprint density at radius 1 is 1.12 bits per heavy atom. The normalized spacial score (nSPS) is 15.5. The van der Waals surface area contributed by atoms with Crippen molar-refractivity contribution in [2.45, 2.75) is 39.0 Å². The number of hydrogen-bond donors (Lipinski definition) is 3. The molecule has 0 unspecified atom stereocenters. The van der Waals surface area contributed by atoms with Gasteiger partial charge in [0.15, 0.2) is 5.96 Å². The van der Waals surface area contributed by atoms with Gasteiger partial charge < -0.3 is 20.6 Å². The second kappa shape index (κ2) is 13.2. The monoisotopic (exact) mass is 460 g/mol. The van der Waals surface area contributed by atoms with Gasteiger partial charge in [0.2, 0.25) is 0 Å². The first kappa shape index (κ1) is 22.0. The fourth-order valence-electron chi connectivity index (χ4n) is 2.99. The van der Waals surface area contributed by atoms with Crippen molar-refractivity contribution in [3.05, 3.63) is 29.8 Å². The van der Waals surface area contributed by atoms with Crippen molar-refractivity contribution in [3.63, 3.8) is 0 Å². The molecule has 1 saturated heterocycles. The lowest BCUT2D eigenvalue weighted by Gasteiger charge is -2.26. The lowest BCUT2D eigenvalue weighted by molar-refractivity contribution is 0.232. The molecule has 0 aliphatic carbocycles. The molecule has 1 aliphatic rings. The maximum Gasteiger partial charge on any atom is 0.191 e. The second-order valence-corrected chi connectivity index (χ2v) is 6.36. The van der Waals surface area contributed by atoms with Gasteiger partial charge in [-0.25, -0.2) is 0 Å². The first-order chi connectivity index (χ1) is 11.8. The number of nitrogens with one attached hydrogen (secondary N) is 2. The molecule has 0 atom stereocenters. The summed E-state index contributed by atoms with van der Waals surface area (Å²) >= 11 is 0. The third-order valence-corrected chi connectivity index (χ3v) is 4.34. The summed E-state index contributed by atoms with van der Waals surface area (Å²) in [6.07, 6.45) is 6.05. The van der Waals surface area contributed by atoms with E-state index in [1.165, 1.54) is 37.9 Å². The van der Waals surface area contributed by atoms with Crippen LogP contribution in [0.5, 0.6) is 5.75 Å². The van der Waals surface area contributed by atoms with E-state index in [0.717, 1.165) is 45.0 Å². The molecule has 5 nitrogen and oxygen atoms in total. The summed E-state index contributed by atoms with van der Waals surface area (Å²) in [6.45, 7) is 8.30. The number of rotatable bonds is 8. The van der Waals surface area contributed by atoms with Gasteiger partial charge in [-0.1, -0.05) is 18.6 Å². The summed E-state index contributed by atoms with van der Waals surface area (Å²) in [5.41, 5.74) is 1.24. The van der Waals surface area contributed by atoms with Crippen molar-refractivity contribution in [2.75, 3.05) is 39.3 Å². The largest absolute Gasteiger partial charge is 0.508 e. The molecule has 6 heteroatoms. The Morgan fingerprint density at radius 2 is 1.84 bits per heavy atom. The van der Waals surface area contributed by atoms with Gasteiger partial charge in [-0.3, -0.25) is 4.99 Å². The average Bonchev–Trinajstić information content (AvgIpc) is 2.61. The van der Waals surface area contributed by atoms with E-state index in [1.807, 2.05) is 12.1 Å². The number of likely N-dealkylation sites (tertiary alicyclic amines) is 1. The highest BCUT2D eigenvalue weighted by Crippen LogP contribution is 2.11. The molecule has 0 bridgehead atoms. The molecule has 1 aliphatic heterocycles. The molecule has 1 fully saturated rings. The van der Waals surface area contributed by atoms with Gasteiger partial charge in [-0.2, -0.15) is 0 Å². The minimum atomic E-state index is 0. The first-order valence-corrected chi connectivity index (χ1v) is 9.30. The van der Waals surface area contributed by atoms with Gasteiger partial charge in [0.1, 0.15) is 5.75 Å². The third-order valence-electron chi connectivity index (χ3n) is 4.34. The van der Waals surface area contributed by atoms with Crippen LogP contribution in [0.15, 0.2) is 29.3 Å². The maximum atomic E-state index is 9.29. The van der Waals surface area contributed by atoms with E-state index in [2.05, 4.69) is 27.4 Å². The lowest BCUT2D eigenvalue weighted by Crippen LogP contribution is -2.42. The molecule has 0 aromatic heterocycles. The number of phenolic OH excluding ortho intramolecular Hbond substituents is 1. The standard InChI is InChI=1S/C19H32N4O.HI/c1-2-20-19(22-13-16-23-14-4-3-5-15-23)21-12-6-7-17-8-10-18(24)11-9-17;/h8-11,24H,2-7,12-16H2,1H3,(H2,20,21,22);1H. The quantitative estimate of drug-likeness (QED) is 0.242. The molecular formula is C19H33IN4O. The van der Waals surface area contributed by atoms with Crippen LogP contribution < -0.4 is 10.6 Å². The molecule has 142 valence electrons. The number of phenols is 1. The highest BCUT2D eigenvalue weighted by molar-refractivity contribution is 14.0. The summed E-state index contributed by atoms with van der Waals surface area (Å²) in [5, 5.41) is 16.0. The lowest BCUT2D eigenvalue weighted by atomic mass is 10.1. The summed E-state index contributed by atoms with van der Waals surface area (Å²) in [7, 11) is 0. The van der Waals surface area contributed by atoms with Gasteiger partial charge in [0.25, 0.3) is 0 Å². The fraction of sp³-hybridized carbons (Fsp3) is 0.632. The summed E-state index contributed by atoms with van der Waals surface area (Å²) in [4.78, 5) is 7.19. The Bertz CT molecular complexity index is 487. The number of aromatic hydroxyl groups is 1. The summed E-state index contributed by atoms with van der Waals surface area (Å²) < 4.78 is 0. The van der Waals surface area contributed by atoms with Crippen LogP contribution in [0.1, 0.15) is 38.2 Å². The number of benzene rings is 1. The fourth-order valence-corrected chi connectivity index (χ4v) is 2.99. The zero-order valence-electron chi connectivity index (χ0n) is 15.3. The SMILES string of the molecule is CCNC(=NCCCc1ccc(O)cc1)NCCN1CCCCC1.I. The Hall–Kier alpha value is -1.02. The summed E-state index contributed by atoms with van der Waals surface area (Å²) in [6, 6.07) is 7.43. The number of aliphatic imine (C=N–C) groups is 1. The van der Waals surface area contributed by atoms with Crippen molar-refractivity contribution >= 4 is 29.9 Å². The zero-order chi connectivity index (χ0) is 17.0. The minimum absolute atomic E-state index is 0. The van der Waals surface area contributed by atoms with E-state index in [-0.39, 0.29) is 24.0 Å². The number of hydrogen-bond acceptors (Lipinski definition) is 3. The van der Waals surface area contributed by atoms with Crippen LogP contribution in [0.3, 0.4) is 0 Å². The predicted molar refractivity (Wildman–Crippen MR) is 116 cm³/mol. The van der Waals surface area contributed by atoms with Crippen molar-refractivity contribution in [3.8, 4) is 5.75 Å². The summed E-state index contributed by atoms with van der Waals surface area (Å²) in [5.74, 6) is 1.24. The molecule has 1 aromatic rings.